The van der Waals surface area contributed by atoms with E-state index in [9.17, 15) is 22.8 Å². The highest BCUT2D eigenvalue weighted by Gasteiger charge is 2.32. The Morgan fingerprint density at radius 1 is 0.974 bits per heavy atom. The Balaban J connectivity index is 1.56. The van der Waals surface area contributed by atoms with Gasteiger partial charge in [-0.1, -0.05) is 6.07 Å². The van der Waals surface area contributed by atoms with Crippen LogP contribution in [0.2, 0.25) is 0 Å². The summed E-state index contributed by atoms with van der Waals surface area (Å²) < 4.78 is 40.4. The number of hydrogen-bond donors (Lipinski definition) is 3. The number of benzene rings is 2. The molecule has 1 aliphatic rings. The number of alkyl halides is 3. The smallest absolute Gasteiger partial charge is 0.370 e. The number of amides is 3. The topological polar surface area (TPSA) is 115 Å². The Labute approximate surface area is 223 Å². The number of aryl methyl sites for hydroxylation is 1. The lowest BCUT2D eigenvalue weighted by Crippen LogP contribution is -2.33. The van der Waals surface area contributed by atoms with Crippen LogP contribution >= 0.6 is 0 Å². The van der Waals surface area contributed by atoms with Crippen molar-refractivity contribution in [3.8, 4) is 0 Å². The van der Waals surface area contributed by atoms with Gasteiger partial charge in [-0.25, -0.2) is 14.8 Å². The first-order valence-corrected chi connectivity index (χ1v) is 12.4. The molecule has 206 valence electrons. The molecule has 2 heterocycles. The summed E-state index contributed by atoms with van der Waals surface area (Å²) in [5, 5.41) is 8.15. The number of piperidine rings is 1. The lowest BCUT2D eigenvalue weighted by molar-refractivity contribution is -0.137. The van der Waals surface area contributed by atoms with Crippen LogP contribution in [0.5, 0.6) is 0 Å². The Hall–Kier alpha value is -4.42. The molecule has 1 aliphatic heterocycles. The van der Waals surface area contributed by atoms with Crippen LogP contribution in [0.4, 0.5) is 46.9 Å². The molecule has 0 bridgehead atoms. The summed E-state index contributed by atoms with van der Waals surface area (Å²) in [6.45, 7) is 3.14. The van der Waals surface area contributed by atoms with Gasteiger partial charge in [-0.15, -0.1) is 0 Å². The van der Waals surface area contributed by atoms with Crippen molar-refractivity contribution in [2.75, 3.05) is 52.9 Å². The van der Waals surface area contributed by atoms with Gasteiger partial charge < -0.3 is 20.9 Å². The molecule has 2 aromatic carbocycles. The minimum absolute atomic E-state index is 0.0813. The van der Waals surface area contributed by atoms with Crippen molar-refractivity contribution >= 4 is 40.9 Å². The van der Waals surface area contributed by atoms with Crippen LogP contribution in [0, 0.1) is 6.92 Å². The number of nitrogens with zero attached hydrogens (tertiary/aromatic N) is 5. The van der Waals surface area contributed by atoms with E-state index in [1.54, 1.807) is 26.1 Å². The zero-order valence-corrected chi connectivity index (χ0v) is 21.8. The summed E-state index contributed by atoms with van der Waals surface area (Å²) in [5.74, 6) is -0.214. The van der Waals surface area contributed by atoms with E-state index >= 15 is 0 Å². The highest BCUT2D eigenvalue weighted by Crippen LogP contribution is 2.36. The first-order valence-electron chi connectivity index (χ1n) is 12.4. The van der Waals surface area contributed by atoms with Crippen molar-refractivity contribution in [1.29, 1.82) is 0 Å². The molecular weight excluding hydrogens is 513 g/mol. The second kappa shape index (κ2) is 11.5. The van der Waals surface area contributed by atoms with E-state index in [2.05, 4.69) is 30.9 Å². The van der Waals surface area contributed by atoms with E-state index in [4.69, 9.17) is 0 Å². The van der Waals surface area contributed by atoms with Crippen LogP contribution in [0.25, 0.3) is 0 Å². The average molecular weight is 543 g/mol. The van der Waals surface area contributed by atoms with Crippen LogP contribution in [0.15, 0.2) is 42.7 Å². The molecule has 0 unspecified atom stereocenters. The third-order valence-corrected chi connectivity index (χ3v) is 6.40. The monoisotopic (exact) mass is 542 g/mol. The highest BCUT2D eigenvalue weighted by molar-refractivity contribution is 6.07. The molecule has 3 aromatic rings. The molecule has 1 fully saturated rings. The van der Waals surface area contributed by atoms with E-state index < -0.39 is 23.7 Å². The molecule has 1 aromatic heterocycles. The van der Waals surface area contributed by atoms with Gasteiger partial charge in [0.05, 0.1) is 16.9 Å². The summed E-state index contributed by atoms with van der Waals surface area (Å²) in [6.07, 6.45) is -0.398. The number of hydrogen-bond acceptors (Lipinski definition) is 7. The second-order valence-electron chi connectivity index (χ2n) is 9.11. The van der Waals surface area contributed by atoms with Crippen molar-refractivity contribution in [2.45, 2.75) is 32.4 Å². The van der Waals surface area contributed by atoms with Gasteiger partial charge >= 0.3 is 12.2 Å². The Kier molecular flexibility index (Phi) is 8.17. The third-order valence-electron chi connectivity index (χ3n) is 6.40. The van der Waals surface area contributed by atoms with Crippen molar-refractivity contribution < 1.29 is 22.8 Å². The predicted molar refractivity (Wildman–Crippen MR) is 143 cm³/mol. The number of nitrogens with one attached hydrogen (secondary N) is 3. The lowest BCUT2D eigenvalue weighted by Gasteiger charge is -2.31. The Morgan fingerprint density at radius 2 is 1.72 bits per heavy atom. The van der Waals surface area contributed by atoms with E-state index in [0.717, 1.165) is 31.4 Å². The van der Waals surface area contributed by atoms with Crippen LogP contribution in [-0.4, -0.2) is 54.1 Å². The van der Waals surface area contributed by atoms with Crippen molar-refractivity contribution in [3.05, 3.63) is 59.4 Å². The highest BCUT2D eigenvalue weighted by atomic mass is 19.4. The summed E-state index contributed by atoms with van der Waals surface area (Å²) >= 11 is 0. The number of carbonyl (C=O) groups is 2. The van der Waals surface area contributed by atoms with E-state index in [1.165, 1.54) is 30.4 Å². The summed E-state index contributed by atoms with van der Waals surface area (Å²) in [5.41, 5.74) is 0.960. The van der Waals surface area contributed by atoms with E-state index in [1.807, 2.05) is 4.90 Å². The molecule has 1 saturated heterocycles. The fourth-order valence-corrected chi connectivity index (χ4v) is 4.18. The normalized spacial score (nSPS) is 13.5. The number of anilines is 5. The molecule has 4 rings (SSSR count). The van der Waals surface area contributed by atoms with E-state index in [0.29, 0.717) is 30.0 Å². The number of aromatic nitrogens is 3. The van der Waals surface area contributed by atoms with E-state index in [-0.39, 0.29) is 23.1 Å². The Morgan fingerprint density at radius 3 is 2.41 bits per heavy atom. The Bertz CT molecular complexity index is 1360. The molecule has 0 spiro atoms. The molecule has 39 heavy (non-hydrogen) atoms. The van der Waals surface area contributed by atoms with Gasteiger partial charge in [0.25, 0.3) is 5.91 Å². The average Bonchev–Trinajstić information content (AvgIpc) is 2.93. The minimum Gasteiger partial charge on any atom is -0.370 e. The van der Waals surface area contributed by atoms with Gasteiger partial charge in [-0.2, -0.15) is 18.2 Å². The maximum absolute atomic E-state index is 13.5. The molecule has 10 nitrogen and oxygen atoms in total. The SMILES string of the molecule is CNc1ncnc(N(C)C(=O)Nc2cc(C(=O)Nc3cc(C(F)(F)F)ccc3N3CCCCC3)ccc2C)n1. The number of urea groups is 1. The minimum atomic E-state index is -4.56. The third kappa shape index (κ3) is 6.54. The fraction of sp³-hybridized carbons (Fsp3) is 0.346. The molecule has 13 heteroatoms. The van der Waals surface area contributed by atoms with Crippen molar-refractivity contribution in [3.63, 3.8) is 0 Å². The van der Waals surface area contributed by atoms with Crippen LogP contribution in [0.1, 0.15) is 40.7 Å². The molecule has 0 radical (unpaired) electrons. The van der Waals surface area contributed by atoms with Gasteiger partial charge in [0.1, 0.15) is 6.33 Å². The van der Waals surface area contributed by atoms with Crippen LogP contribution in [-0.2, 0) is 6.18 Å². The van der Waals surface area contributed by atoms with Crippen LogP contribution in [0.3, 0.4) is 0 Å². The molecular formula is C26H29F3N8O2. The number of rotatable bonds is 6. The molecule has 0 atom stereocenters. The molecule has 3 N–H and O–H groups in total. The number of carbonyl (C=O) groups excluding carboxylic acids is 2. The lowest BCUT2D eigenvalue weighted by atomic mass is 10.1. The second-order valence-corrected chi connectivity index (χ2v) is 9.11. The zero-order chi connectivity index (χ0) is 28.2. The molecule has 0 saturated carbocycles. The summed E-state index contributed by atoms with van der Waals surface area (Å²) in [6, 6.07) is 7.49. The number of halogens is 3. The van der Waals surface area contributed by atoms with Gasteiger partial charge in [-0.05, 0) is 62.1 Å². The molecule has 3 amide bonds. The molecule has 0 aliphatic carbocycles. The maximum Gasteiger partial charge on any atom is 0.416 e. The zero-order valence-electron chi connectivity index (χ0n) is 21.8. The van der Waals surface area contributed by atoms with Crippen molar-refractivity contribution in [1.82, 2.24) is 15.0 Å². The summed E-state index contributed by atoms with van der Waals surface area (Å²) in [4.78, 5) is 41.3. The van der Waals surface area contributed by atoms with Gasteiger partial charge in [0, 0.05) is 38.4 Å². The first-order chi connectivity index (χ1) is 18.6. The standard InChI is InChI=1S/C26H29F3N8O2/c1-16-7-8-17(13-19(16)34-25(39)36(3)24-32-15-31-23(30-2)35-24)22(38)33-20-14-18(26(27,28)29)9-10-21(20)37-11-5-4-6-12-37/h7-10,13-15H,4-6,11-12H2,1-3H3,(H,33,38)(H,34,39)(H,30,31,32,35). The fourth-order valence-electron chi connectivity index (χ4n) is 4.18. The van der Waals surface area contributed by atoms with Crippen molar-refractivity contribution in [2.24, 2.45) is 0 Å². The quantitative estimate of drug-likeness (QED) is 0.395. The van der Waals surface area contributed by atoms with Gasteiger partial charge in [-0.3, -0.25) is 9.69 Å². The first kappa shape index (κ1) is 27.6. The van der Waals surface area contributed by atoms with Gasteiger partial charge in [0.2, 0.25) is 11.9 Å². The largest absolute Gasteiger partial charge is 0.416 e. The van der Waals surface area contributed by atoms with Crippen LogP contribution < -0.4 is 25.8 Å². The predicted octanol–water partition coefficient (Wildman–Crippen LogP) is 5.15. The maximum atomic E-state index is 13.5. The summed E-state index contributed by atoms with van der Waals surface area (Å²) in [7, 11) is 3.11. The van der Waals surface area contributed by atoms with Gasteiger partial charge in [0.15, 0.2) is 0 Å².